The molecule has 0 N–H and O–H groups in total. The molecule has 5 rings (SSSR count). The molecule has 1 aliphatic heterocycles. The van der Waals surface area contributed by atoms with Crippen molar-refractivity contribution < 1.29 is 13.9 Å². The number of hydrogen-bond acceptors (Lipinski definition) is 7. The van der Waals surface area contributed by atoms with E-state index in [1.165, 1.54) is 6.26 Å². The zero-order valence-corrected chi connectivity index (χ0v) is 18.9. The summed E-state index contributed by atoms with van der Waals surface area (Å²) in [6.45, 7) is 2.36. The van der Waals surface area contributed by atoms with Gasteiger partial charge in [0.1, 0.15) is 17.6 Å². The number of nitrogens with zero attached hydrogens (tertiary/aromatic N) is 4. The molecule has 0 saturated carbocycles. The van der Waals surface area contributed by atoms with Crippen molar-refractivity contribution in [3.05, 3.63) is 82.4 Å². The van der Waals surface area contributed by atoms with Crippen LogP contribution in [0.3, 0.4) is 0 Å². The predicted octanol–water partition coefficient (Wildman–Crippen LogP) is 3.63. The van der Waals surface area contributed by atoms with Gasteiger partial charge in [-0.15, -0.1) is 0 Å². The molecule has 9 heteroatoms. The maximum atomic E-state index is 12.9. The van der Waals surface area contributed by atoms with Crippen LogP contribution >= 0.6 is 11.6 Å². The summed E-state index contributed by atoms with van der Waals surface area (Å²) in [6.07, 6.45) is 4.84. The minimum Gasteiger partial charge on any atom is -0.484 e. The van der Waals surface area contributed by atoms with Crippen molar-refractivity contribution in [1.29, 1.82) is 0 Å². The van der Waals surface area contributed by atoms with Crippen molar-refractivity contribution in [2.45, 2.75) is 0 Å². The van der Waals surface area contributed by atoms with Crippen LogP contribution in [0.4, 0.5) is 5.95 Å². The molecule has 0 aliphatic carbocycles. The molecule has 1 amide bonds. The Balaban J connectivity index is 1.22. The standard InChI is InChI=1S/C25H21ClN4O4/c26-18-4-2-17(3-5-18)21-15-34-22-14-19(6-7-20(22)24(21)32)33-16-23(31)29-10-12-30(13-11-29)25-27-8-1-9-28-25/h1-9,14-15H,10-13,16H2. The van der Waals surface area contributed by atoms with Crippen LogP contribution in [0.1, 0.15) is 0 Å². The number of piperazine rings is 1. The Morgan fingerprint density at radius 2 is 1.76 bits per heavy atom. The molecule has 172 valence electrons. The van der Waals surface area contributed by atoms with E-state index in [4.69, 9.17) is 20.8 Å². The number of halogens is 1. The van der Waals surface area contributed by atoms with Crippen LogP contribution in [-0.4, -0.2) is 53.6 Å². The summed E-state index contributed by atoms with van der Waals surface area (Å²) in [7, 11) is 0. The number of rotatable bonds is 5. The van der Waals surface area contributed by atoms with Crippen molar-refractivity contribution in [2.75, 3.05) is 37.7 Å². The Hall–Kier alpha value is -3.91. The average Bonchev–Trinajstić information content (AvgIpc) is 2.89. The van der Waals surface area contributed by atoms with Gasteiger partial charge in [0.25, 0.3) is 5.91 Å². The second kappa shape index (κ2) is 9.52. The number of benzene rings is 2. The van der Waals surface area contributed by atoms with Gasteiger partial charge >= 0.3 is 0 Å². The third kappa shape index (κ3) is 4.58. The Morgan fingerprint density at radius 3 is 2.50 bits per heavy atom. The van der Waals surface area contributed by atoms with Crippen LogP contribution in [0.5, 0.6) is 5.75 Å². The van der Waals surface area contributed by atoms with Crippen molar-refractivity contribution in [3.8, 4) is 16.9 Å². The molecule has 1 fully saturated rings. The Morgan fingerprint density at radius 1 is 1.03 bits per heavy atom. The lowest BCUT2D eigenvalue weighted by Gasteiger charge is -2.34. The van der Waals surface area contributed by atoms with E-state index in [0.717, 1.165) is 5.56 Å². The maximum Gasteiger partial charge on any atom is 0.260 e. The summed E-state index contributed by atoms with van der Waals surface area (Å²) in [6, 6.07) is 13.7. The third-order valence-corrected chi connectivity index (χ3v) is 5.98. The lowest BCUT2D eigenvalue weighted by atomic mass is 10.1. The molecular formula is C25H21ClN4O4. The average molecular weight is 477 g/mol. The number of carbonyl (C=O) groups excluding carboxylic acids is 1. The fourth-order valence-corrected chi connectivity index (χ4v) is 4.00. The highest BCUT2D eigenvalue weighted by Crippen LogP contribution is 2.24. The van der Waals surface area contributed by atoms with Crippen LogP contribution in [0, 0.1) is 0 Å². The smallest absolute Gasteiger partial charge is 0.260 e. The molecule has 1 aliphatic rings. The SMILES string of the molecule is O=C(COc1ccc2c(=O)c(-c3ccc(Cl)cc3)coc2c1)N1CCN(c2ncccn2)CC1. The van der Waals surface area contributed by atoms with Gasteiger partial charge in [-0.1, -0.05) is 23.7 Å². The van der Waals surface area contributed by atoms with Gasteiger partial charge in [-0.25, -0.2) is 9.97 Å². The van der Waals surface area contributed by atoms with Gasteiger partial charge in [0, 0.05) is 49.7 Å². The van der Waals surface area contributed by atoms with Gasteiger partial charge in [-0.2, -0.15) is 0 Å². The van der Waals surface area contributed by atoms with Crippen molar-refractivity contribution in [2.24, 2.45) is 0 Å². The van der Waals surface area contributed by atoms with Crippen LogP contribution in [0.25, 0.3) is 22.1 Å². The maximum absolute atomic E-state index is 12.9. The van der Waals surface area contributed by atoms with E-state index in [2.05, 4.69) is 9.97 Å². The highest BCUT2D eigenvalue weighted by Gasteiger charge is 2.22. The number of fused-ring (bicyclic) bond motifs is 1. The lowest BCUT2D eigenvalue weighted by molar-refractivity contribution is -0.133. The second-order valence-corrected chi connectivity index (χ2v) is 8.29. The van der Waals surface area contributed by atoms with Crippen molar-refractivity contribution in [1.82, 2.24) is 14.9 Å². The number of hydrogen-bond donors (Lipinski definition) is 0. The number of amides is 1. The summed E-state index contributed by atoms with van der Waals surface area (Å²) in [5, 5.41) is 1.03. The highest BCUT2D eigenvalue weighted by atomic mass is 35.5. The Bertz CT molecular complexity index is 1370. The topological polar surface area (TPSA) is 88.8 Å². The highest BCUT2D eigenvalue weighted by molar-refractivity contribution is 6.30. The van der Waals surface area contributed by atoms with Crippen LogP contribution < -0.4 is 15.1 Å². The summed E-state index contributed by atoms with van der Waals surface area (Å²) in [5.74, 6) is 1.02. The molecule has 0 bridgehead atoms. The normalized spacial score (nSPS) is 13.8. The van der Waals surface area contributed by atoms with E-state index in [0.29, 0.717) is 59.4 Å². The van der Waals surface area contributed by atoms with Crippen molar-refractivity contribution in [3.63, 3.8) is 0 Å². The summed E-state index contributed by atoms with van der Waals surface area (Å²) in [5.41, 5.74) is 1.42. The van der Waals surface area contributed by atoms with Crippen LogP contribution in [0.15, 0.2) is 76.4 Å². The van der Waals surface area contributed by atoms with Crippen LogP contribution in [0.2, 0.25) is 5.02 Å². The van der Waals surface area contributed by atoms with Gasteiger partial charge < -0.3 is 19.0 Å². The Kier molecular flexibility index (Phi) is 6.14. The summed E-state index contributed by atoms with van der Waals surface area (Å²) >= 11 is 5.94. The van der Waals surface area contributed by atoms with Gasteiger partial charge in [-0.05, 0) is 35.9 Å². The number of aromatic nitrogens is 2. The first-order valence-electron chi connectivity index (χ1n) is 10.8. The molecule has 0 radical (unpaired) electrons. The zero-order valence-electron chi connectivity index (χ0n) is 18.2. The minimum absolute atomic E-state index is 0.0968. The molecule has 2 aromatic heterocycles. The van der Waals surface area contributed by atoms with Crippen molar-refractivity contribution >= 4 is 34.4 Å². The molecule has 0 unspecified atom stereocenters. The van der Waals surface area contributed by atoms with E-state index < -0.39 is 0 Å². The molecule has 8 nitrogen and oxygen atoms in total. The fourth-order valence-electron chi connectivity index (χ4n) is 3.87. The molecule has 3 heterocycles. The monoisotopic (exact) mass is 476 g/mol. The molecule has 0 atom stereocenters. The first kappa shape index (κ1) is 21.9. The molecule has 4 aromatic rings. The molecule has 0 spiro atoms. The van der Waals surface area contributed by atoms with E-state index in [1.54, 1.807) is 65.8 Å². The largest absolute Gasteiger partial charge is 0.484 e. The molecule has 1 saturated heterocycles. The van der Waals surface area contributed by atoms with Gasteiger partial charge in [0.2, 0.25) is 5.95 Å². The number of anilines is 1. The first-order valence-corrected chi connectivity index (χ1v) is 11.2. The summed E-state index contributed by atoms with van der Waals surface area (Å²) in [4.78, 5) is 37.9. The minimum atomic E-state index is -0.147. The van der Waals surface area contributed by atoms with E-state index >= 15 is 0 Å². The van der Waals surface area contributed by atoms with E-state index in [9.17, 15) is 9.59 Å². The van der Waals surface area contributed by atoms with E-state index in [1.807, 2.05) is 4.90 Å². The molecule has 34 heavy (non-hydrogen) atoms. The van der Waals surface area contributed by atoms with Gasteiger partial charge in [0.05, 0.1) is 10.9 Å². The van der Waals surface area contributed by atoms with E-state index in [-0.39, 0.29) is 17.9 Å². The molecular weight excluding hydrogens is 456 g/mol. The Labute approximate surface area is 200 Å². The second-order valence-electron chi connectivity index (χ2n) is 7.85. The molecule has 2 aromatic carbocycles. The lowest BCUT2D eigenvalue weighted by Crippen LogP contribution is -2.50. The van der Waals surface area contributed by atoms with Gasteiger partial charge in [0.15, 0.2) is 12.0 Å². The van der Waals surface area contributed by atoms with Crippen LogP contribution in [-0.2, 0) is 4.79 Å². The summed E-state index contributed by atoms with van der Waals surface area (Å²) < 4.78 is 11.4. The van der Waals surface area contributed by atoms with Gasteiger partial charge in [-0.3, -0.25) is 9.59 Å². The number of carbonyl (C=O) groups is 1. The predicted molar refractivity (Wildman–Crippen MR) is 129 cm³/mol. The fraction of sp³-hybridized carbons (Fsp3) is 0.200. The third-order valence-electron chi connectivity index (χ3n) is 5.73. The zero-order chi connectivity index (χ0) is 23.5. The first-order chi connectivity index (χ1) is 16.6. The quantitative estimate of drug-likeness (QED) is 0.434. The number of ether oxygens (including phenoxy) is 1.